The summed E-state index contributed by atoms with van der Waals surface area (Å²) in [7, 11) is 1.59. The highest BCUT2D eigenvalue weighted by atomic mass is 35.5. The van der Waals surface area contributed by atoms with Gasteiger partial charge >= 0.3 is 0 Å². The number of nitrogen functional groups attached to an aromatic ring is 1. The van der Waals surface area contributed by atoms with Gasteiger partial charge in [0.15, 0.2) is 0 Å². The monoisotopic (exact) mass is 150 g/mol. The molecule has 0 aliphatic heterocycles. The minimum Gasteiger partial charge on any atom is -0.382 e. The van der Waals surface area contributed by atoms with Gasteiger partial charge in [-0.05, 0) is 12.3 Å². The summed E-state index contributed by atoms with van der Waals surface area (Å²) in [5, 5.41) is 3.38. The maximum absolute atomic E-state index is 5.14. The molecule has 0 radical (unpaired) electrons. The lowest BCUT2D eigenvalue weighted by atomic mass is 10.8. The van der Waals surface area contributed by atoms with Crippen LogP contribution in [0.25, 0.3) is 5.43 Å². The molecule has 2 N–H and O–H groups in total. The average molecular weight is 151 g/mol. The summed E-state index contributed by atoms with van der Waals surface area (Å²) in [4.78, 5) is 1.25. The molecule has 0 aliphatic carbocycles. The molecule has 6 heteroatoms. The summed E-state index contributed by atoms with van der Waals surface area (Å²) >= 11 is 0. The molecule has 0 spiro atoms. The Morgan fingerprint density at radius 3 is 2.78 bits per heavy atom. The van der Waals surface area contributed by atoms with E-state index in [1.165, 1.54) is 11.0 Å². The van der Waals surface area contributed by atoms with E-state index < -0.39 is 0 Å². The standard InChI is InChI=1S/C3H6N4O.ClH/c1-5-7-2-3(4)8-6-7;/h2H,4H2,1H3;1H. The van der Waals surface area contributed by atoms with E-state index in [4.69, 9.17) is 5.73 Å². The smallest absolute Gasteiger partial charge is 0.265 e. The van der Waals surface area contributed by atoms with Crippen LogP contribution in [0.3, 0.4) is 0 Å². The van der Waals surface area contributed by atoms with Gasteiger partial charge in [0, 0.05) is 0 Å². The van der Waals surface area contributed by atoms with Crippen LogP contribution in [0.1, 0.15) is 0 Å². The maximum Gasteiger partial charge on any atom is 0.265 e. The predicted molar refractivity (Wildman–Crippen MR) is 33.0 cm³/mol. The first-order valence-corrected chi connectivity index (χ1v) is 2.07. The SMILES string of the molecule is C[N-][n+]1cc(N)on1.Cl. The van der Waals surface area contributed by atoms with Gasteiger partial charge in [-0.1, -0.05) is 4.79 Å². The number of halogens is 1. The zero-order valence-corrected chi connectivity index (χ0v) is 5.63. The molecule has 0 unspecified atom stereocenters. The molecule has 1 rings (SSSR count). The third-order valence-electron chi connectivity index (χ3n) is 0.678. The first-order valence-electron chi connectivity index (χ1n) is 2.07. The molecule has 0 fully saturated rings. The van der Waals surface area contributed by atoms with E-state index in [1.54, 1.807) is 7.05 Å². The Hall–Kier alpha value is -0.970. The van der Waals surface area contributed by atoms with Gasteiger partial charge in [0.25, 0.3) is 12.1 Å². The van der Waals surface area contributed by atoms with Gasteiger partial charge in [-0.25, -0.2) is 5.43 Å². The van der Waals surface area contributed by atoms with Crippen molar-refractivity contribution >= 4 is 18.3 Å². The molecule has 1 aromatic rings. The van der Waals surface area contributed by atoms with E-state index in [1.807, 2.05) is 0 Å². The minimum atomic E-state index is 0. The van der Waals surface area contributed by atoms with Gasteiger partial charge in [-0.3, -0.25) is 0 Å². The van der Waals surface area contributed by atoms with Crippen LogP contribution in [-0.2, 0) is 0 Å². The number of hydrogen-bond donors (Lipinski definition) is 1. The molecule has 5 nitrogen and oxygen atoms in total. The number of aromatic nitrogens is 2. The van der Waals surface area contributed by atoms with E-state index in [9.17, 15) is 0 Å². The topological polar surface area (TPSA) is 70.0 Å². The molecule has 0 amide bonds. The van der Waals surface area contributed by atoms with E-state index in [0.717, 1.165) is 0 Å². The molecule has 52 valence electrons. The number of hydrogen-bond acceptors (Lipinski definition) is 3. The van der Waals surface area contributed by atoms with Gasteiger partial charge in [0.1, 0.15) is 0 Å². The van der Waals surface area contributed by atoms with Crippen LogP contribution < -0.4 is 10.5 Å². The van der Waals surface area contributed by atoms with Gasteiger partial charge in [0.2, 0.25) is 0 Å². The molecule has 1 aromatic heterocycles. The zero-order valence-electron chi connectivity index (χ0n) is 4.81. The Bertz CT molecular complexity index is 176. The van der Waals surface area contributed by atoms with Gasteiger partial charge in [-0.15, -0.1) is 12.4 Å². The van der Waals surface area contributed by atoms with Crippen LogP contribution in [0, 0.1) is 0 Å². The second kappa shape index (κ2) is 3.13. The van der Waals surface area contributed by atoms with Gasteiger partial charge < -0.3 is 10.3 Å². The summed E-state index contributed by atoms with van der Waals surface area (Å²) in [5.41, 5.74) is 8.77. The lowest BCUT2D eigenvalue weighted by Gasteiger charge is -1.83. The van der Waals surface area contributed by atoms with Crippen LogP contribution >= 0.6 is 12.4 Å². The Labute approximate surface area is 58.2 Å². The van der Waals surface area contributed by atoms with Crippen molar-refractivity contribution in [2.75, 3.05) is 12.8 Å². The fraction of sp³-hybridized carbons (Fsp3) is 0.333. The minimum absolute atomic E-state index is 0. The van der Waals surface area contributed by atoms with Crippen molar-refractivity contribution in [3.63, 3.8) is 0 Å². The molecule has 9 heavy (non-hydrogen) atoms. The van der Waals surface area contributed by atoms with Crippen molar-refractivity contribution in [2.24, 2.45) is 0 Å². The van der Waals surface area contributed by atoms with Crippen molar-refractivity contribution < 1.29 is 9.31 Å². The summed E-state index contributed by atoms with van der Waals surface area (Å²) in [6, 6.07) is 0. The lowest BCUT2D eigenvalue weighted by molar-refractivity contribution is -0.695. The Kier molecular flexibility index (Phi) is 2.80. The molecule has 0 aromatic carbocycles. The molecular formula is C3H7ClN4O. The Morgan fingerprint density at radius 2 is 2.56 bits per heavy atom. The quantitative estimate of drug-likeness (QED) is 0.561. The third-order valence-corrected chi connectivity index (χ3v) is 0.678. The molecule has 0 saturated heterocycles. The van der Waals surface area contributed by atoms with Gasteiger partial charge in [-0.2, -0.15) is 0 Å². The lowest BCUT2D eigenvalue weighted by Crippen LogP contribution is -2.28. The van der Waals surface area contributed by atoms with Crippen molar-refractivity contribution in [3.8, 4) is 0 Å². The zero-order chi connectivity index (χ0) is 5.98. The highest BCUT2D eigenvalue weighted by Crippen LogP contribution is 1.89. The second-order valence-electron chi connectivity index (χ2n) is 1.22. The van der Waals surface area contributed by atoms with Crippen molar-refractivity contribution in [1.29, 1.82) is 0 Å². The second-order valence-corrected chi connectivity index (χ2v) is 1.22. The average Bonchev–Trinajstić information content (AvgIpc) is 2.14. The number of nitrogens with two attached hydrogens (primary N) is 1. The normalized spacial score (nSPS) is 8.11. The van der Waals surface area contributed by atoms with Crippen LogP contribution in [0.4, 0.5) is 5.88 Å². The molecule has 0 saturated carbocycles. The fourth-order valence-electron chi connectivity index (χ4n) is 0.344. The summed E-state index contributed by atoms with van der Waals surface area (Å²) in [5.74, 6) is 0.260. The third kappa shape index (κ3) is 1.77. The molecule has 1 heterocycles. The van der Waals surface area contributed by atoms with E-state index in [2.05, 4.69) is 15.2 Å². The molecule has 0 aliphatic rings. The van der Waals surface area contributed by atoms with Crippen molar-refractivity contribution in [1.82, 2.24) is 5.27 Å². The summed E-state index contributed by atoms with van der Waals surface area (Å²) in [6.45, 7) is 0. The van der Waals surface area contributed by atoms with E-state index >= 15 is 0 Å². The maximum atomic E-state index is 5.14. The predicted octanol–water partition coefficient (Wildman–Crippen LogP) is -0.267. The highest BCUT2D eigenvalue weighted by molar-refractivity contribution is 5.85. The first kappa shape index (κ1) is 8.03. The van der Waals surface area contributed by atoms with E-state index in [-0.39, 0.29) is 18.3 Å². The largest absolute Gasteiger partial charge is 0.382 e. The summed E-state index contributed by atoms with van der Waals surface area (Å²) in [6.07, 6.45) is 1.47. The van der Waals surface area contributed by atoms with Crippen LogP contribution in [0.15, 0.2) is 10.7 Å². The van der Waals surface area contributed by atoms with Gasteiger partial charge in [0.05, 0.1) is 0 Å². The molecule has 0 bridgehead atoms. The number of anilines is 1. The number of nitrogens with zero attached hydrogens (tertiary/aromatic N) is 3. The Morgan fingerprint density at radius 1 is 1.89 bits per heavy atom. The van der Waals surface area contributed by atoms with Crippen molar-refractivity contribution in [3.05, 3.63) is 11.6 Å². The molecular weight excluding hydrogens is 144 g/mol. The van der Waals surface area contributed by atoms with Crippen molar-refractivity contribution in [2.45, 2.75) is 0 Å². The first-order chi connectivity index (χ1) is 3.83. The summed E-state index contributed by atoms with van der Waals surface area (Å²) < 4.78 is 4.45. The fourth-order valence-corrected chi connectivity index (χ4v) is 0.344. The van der Waals surface area contributed by atoms with E-state index in [0.29, 0.717) is 0 Å². The molecule has 0 atom stereocenters. The van der Waals surface area contributed by atoms with Crippen LogP contribution in [0.5, 0.6) is 0 Å². The Balaban J connectivity index is 0.000000640. The highest BCUT2D eigenvalue weighted by Gasteiger charge is 1.93. The number of rotatable bonds is 1. The van der Waals surface area contributed by atoms with Crippen LogP contribution in [-0.4, -0.2) is 12.3 Å². The van der Waals surface area contributed by atoms with Crippen LogP contribution in [0.2, 0.25) is 0 Å².